The van der Waals surface area contributed by atoms with Gasteiger partial charge in [-0.25, -0.2) is 9.45 Å². The van der Waals surface area contributed by atoms with E-state index in [0.29, 0.717) is 13.2 Å². The number of rotatable bonds is 1. The van der Waals surface area contributed by atoms with Gasteiger partial charge in [0.2, 0.25) is 0 Å². The Balaban J connectivity index is 2.24. The van der Waals surface area contributed by atoms with Gasteiger partial charge < -0.3 is 0 Å². The maximum Gasteiger partial charge on any atom is 0.280 e. The van der Waals surface area contributed by atoms with Gasteiger partial charge in [0.05, 0.1) is 18.7 Å². The molecule has 3 nitrogen and oxygen atoms in total. The van der Waals surface area contributed by atoms with Crippen molar-refractivity contribution in [1.82, 2.24) is 5.06 Å². The van der Waals surface area contributed by atoms with Gasteiger partial charge in [-0.05, 0) is 24.6 Å². The molecule has 0 aliphatic carbocycles. The lowest BCUT2D eigenvalue weighted by atomic mass is 10.2. The normalized spacial score (nSPS) is 15.7. The second-order valence-corrected chi connectivity index (χ2v) is 3.65. The lowest BCUT2D eigenvalue weighted by molar-refractivity contribution is -0.0770. The van der Waals surface area contributed by atoms with Crippen molar-refractivity contribution in [2.75, 3.05) is 13.2 Å². The highest BCUT2D eigenvalue weighted by Crippen LogP contribution is 2.18. The minimum Gasteiger partial charge on any atom is -0.271 e. The van der Waals surface area contributed by atoms with E-state index < -0.39 is 11.7 Å². The molecule has 0 N–H and O–H groups in total. The van der Waals surface area contributed by atoms with Crippen molar-refractivity contribution in [3.63, 3.8) is 0 Å². The first-order valence-electron chi connectivity index (χ1n) is 4.58. The van der Waals surface area contributed by atoms with Crippen LogP contribution in [0.15, 0.2) is 18.2 Å². The van der Waals surface area contributed by atoms with Crippen LogP contribution in [-0.4, -0.2) is 24.1 Å². The van der Waals surface area contributed by atoms with E-state index in [1.165, 1.54) is 17.2 Å². The molecule has 1 aromatic rings. The van der Waals surface area contributed by atoms with Crippen molar-refractivity contribution in [2.45, 2.75) is 6.42 Å². The second kappa shape index (κ2) is 4.16. The van der Waals surface area contributed by atoms with E-state index >= 15 is 0 Å². The van der Waals surface area contributed by atoms with Crippen LogP contribution in [0.4, 0.5) is 4.39 Å². The van der Waals surface area contributed by atoms with Crippen molar-refractivity contribution < 1.29 is 14.0 Å². The van der Waals surface area contributed by atoms with Gasteiger partial charge in [-0.3, -0.25) is 9.63 Å². The first-order chi connectivity index (χ1) is 7.18. The minimum atomic E-state index is -0.622. The van der Waals surface area contributed by atoms with Crippen LogP contribution in [0.1, 0.15) is 16.8 Å². The molecule has 0 radical (unpaired) electrons. The van der Waals surface area contributed by atoms with Crippen LogP contribution in [0.25, 0.3) is 0 Å². The maximum atomic E-state index is 13.4. The number of carbonyl (C=O) groups is 1. The maximum absolute atomic E-state index is 13.4. The second-order valence-electron chi connectivity index (χ2n) is 3.22. The Morgan fingerprint density at radius 3 is 2.93 bits per heavy atom. The van der Waals surface area contributed by atoms with Gasteiger partial charge in [0.15, 0.2) is 0 Å². The number of benzene rings is 1. The van der Waals surface area contributed by atoms with E-state index in [1.54, 1.807) is 0 Å². The monoisotopic (exact) mass is 229 g/mol. The molecule has 0 unspecified atom stereocenters. The lowest BCUT2D eigenvalue weighted by Crippen LogP contribution is -2.27. The van der Waals surface area contributed by atoms with Crippen molar-refractivity contribution in [3.05, 3.63) is 34.6 Å². The molecule has 0 aromatic heterocycles. The average Bonchev–Trinajstić information content (AvgIpc) is 2.69. The zero-order chi connectivity index (χ0) is 10.8. The van der Waals surface area contributed by atoms with Crippen LogP contribution < -0.4 is 0 Å². The summed E-state index contributed by atoms with van der Waals surface area (Å²) < 4.78 is 13.4. The predicted molar refractivity (Wildman–Crippen MR) is 53.0 cm³/mol. The number of nitrogens with zero attached hydrogens (tertiary/aromatic N) is 1. The Bertz CT molecular complexity index is 391. The number of hydroxylamine groups is 2. The molecule has 0 bridgehead atoms. The number of hydrogen-bond acceptors (Lipinski definition) is 2. The smallest absolute Gasteiger partial charge is 0.271 e. The first kappa shape index (κ1) is 10.4. The molecule has 80 valence electrons. The summed E-state index contributed by atoms with van der Waals surface area (Å²) in [4.78, 5) is 16.7. The Labute approximate surface area is 91.3 Å². The van der Waals surface area contributed by atoms with Gasteiger partial charge in [0.25, 0.3) is 5.91 Å². The highest BCUT2D eigenvalue weighted by Gasteiger charge is 2.23. The molecule has 1 amide bonds. The molecule has 0 saturated carbocycles. The van der Waals surface area contributed by atoms with Crippen LogP contribution in [0, 0.1) is 5.82 Å². The summed E-state index contributed by atoms with van der Waals surface area (Å²) in [6.45, 7) is 1.00. The Morgan fingerprint density at radius 1 is 1.53 bits per heavy atom. The molecule has 0 atom stereocenters. The number of halogens is 2. The molecule has 2 rings (SSSR count). The lowest BCUT2D eigenvalue weighted by Gasteiger charge is -2.14. The van der Waals surface area contributed by atoms with Crippen molar-refractivity contribution in [3.8, 4) is 0 Å². The van der Waals surface area contributed by atoms with Crippen molar-refractivity contribution >= 4 is 17.5 Å². The molecule has 1 aromatic carbocycles. The quantitative estimate of drug-likeness (QED) is 0.739. The highest BCUT2D eigenvalue weighted by atomic mass is 35.5. The number of amides is 1. The van der Waals surface area contributed by atoms with Crippen molar-refractivity contribution in [2.24, 2.45) is 0 Å². The molecule has 15 heavy (non-hydrogen) atoms. The van der Waals surface area contributed by atoms with Crippen LogP contribution >= 0.6 is 11.6 Å². The molecule has 1 saturated heterocycles. The summed E-state index contributed by atoms with van der Waals surface area (Å²) in [6.07, 6.45) is 0.779. The predicted octanol–water partition coefficient (Wildman–Crippen LogP) is 2.26. The Kier molecular flexibility index (Phi) is 2.88. The van der Waals surface area contributed by atoms with E-state index in [-0.39, 0.29) is 10.6 Å². The fourth-order valence-corrected chi connectivity index (χ4v) is 1.56. The molecule has 1 aliphatic heterocycles. The first-order valence-corrected chi connectivity index (χ1v) is 4.96. The largest absolute Gasteiger partial charge is 0.280 e. The molecular weight excluding hydrogens is 221 g/mol. The summed E-state index contributed by atoms with van der Waals surface area (Å²) in [7, 11) is 0. The summed E-state index contributed by atoms with van der Waals surface area (Å²) in [5.74, 6) is -1.08. The number of hydrogen-bond donors (Lipinski definition) is 0. The third kappa shape index (κ3) is 2.11. The van der Waals surface area contributed by atoms with E-state index in [4.69, 9.17) is 16.4 Å². The zero-order valence-electron chi connectivity index (χ0n) is 7.87. The summed E-state index contributed by atoms with van der Waals surface area (Å²) >= 11 is 5.59. The SMILES string of the molecule is O=C(c1ccc(Cl)cc1F)N1CCCO1. The van der Waals surface area contributed by atoms with Crippen molar-refractivity contribution in [1.29, 1.82) is 0 Å². The minimum absolute atomic E-state index is 0.0127. The molecule has 1 aliphatic rings. The third-order valence-electron chi connectivity index (χ3n) is 2.14. The van der Waals surface area contributed by atoms with Crippen LogP contribution in [0.2, 0.25) is 5.02 Å². The van der Waals surface area contributed by atoms with Crippen LogP contribution in [0.5, 0.6) is 0 Å². The Morgan fingerprint density at radius 2 is 2.33 bits per heavy atom. The summed E-state index contributed by atoms with van der Waals surface area (Å²) in [5.41, 5.74) is -0.0127. The molecule has 1 fully saturated rings. The summed E-state index contributed by atoms with van der Waals surface area (Å²) in [5, 5.41) is 1.44. The standard InChI is InChI=1S/C10H9ClFNO2/c11-7-2-3-8(9(12)6-7)10(14)13-4-1-5-15-13/h2-3,6H,1,4-5H2. The summed E-state index contributed by atoms with van der Waals surface area (Å²) in [6, 6.07) is 3.96. The molecule has 1 heterocycles. The van der Waals surface area contributed by atoms with E-state index in [1.807, 2.05) is 0 Å². The number of carbonyl (C=O) groups excluding carboxylic acids is 1. The van der Waals surface area contributed by atoms with Gasteiger partial charge >= 0.3 is 0 Å². The van der Waals surface area contributed by atoms with Gasteiger partial charge in [0.1, 0.15) is 5.82 Å². The van der Waals surface area contributed by atoms with Gasteiger partial charge in [-0.1, -0.05) is 11.6 Å². The van der Waals surface area contributed by atoms with Gasteiger partial charge in [0, 0.05) is 5.02 Å². The molecular formula is C10H9ClFNO2. The van der Waals surface area contributed by atoms with Gasteiger partial charge in [-0.2, -0.15) is 0 Å². The van der Waals surface area contributed by atoms with E-state index in [2.05, 4.69) is 0 Å². The van der Waals surface area contributed by atoms with Gasteiger partial charge in [-0.15, -0.1) is 0 Å². The average molecular weight is 230 g/mol. The van der Waals surface area contributed by atoms with E-state index in [0.717, 1.165) is 12.5 Å². The Hall–Kier alpha value is -1.13. The molecule has 5 heteroatoms. The van der Waals surface area contributed by atoms with Crippen LogP contribution in [-0.2, 0) is 4.84 Å². The topological polar surface area (TPSA) is 29.5 Å². The van der Waals surface area contributed by atoms with E-state index in [9.17, 15) is 9.18 Å². The fourth-order valence-electron chi connectivity index (χ4n) is 1.40. The third-order valence-corrected chi connectivity index (χ3v) is 2.38. The molecule has 0 spiro atoms. The fraction of sp³-hybridized carbons (Fsp3) is 0.300. The van der Waals surface area contributed by atoms with Crippen LogP contribution in [0.3, 0.4) is 0 Å². The highest BCUT2D eigenvalue weighted by molar-refractivity contribution is 6.30. The zero-order valence-corrected chi connectivity index (χ0v) is 8.63.